The minimum atomic E-state index is -0.400. The number of nitrogens with two attached hydrogens (primary N) is 1. The van der Waals surface area contributed by atoms with E-state index in [-0.39, 0.29) is 11.1 Å². The fraction of sp³-hybridized carbons (Fsp3) is 0.333. The van der Waals surface area contributed by atoms with Crippen LogP contribution in [0, 0.1) is 5.82 Å². The van der Waals surface area contributed by atoms with Crippen LogP contribution in [-0.4, -0.2) is 0 Å². The normalized spacial score (nSPS) is 17.7. The highest BCUT2D eigenvalue weighted by atomic mass is 35.5. The van der Waals surface area contributed by atoms with E-state index in [2.05, 4.69) is 6.08 Å². The zero-order chi connectivity index (χ0) is 10.8. The summed E-state index contributed by atoms with van der Waals surface area (Å²) in [5.74, 6) is -0.400. The first-order valence-electron chi connectivity index (χ1n) is 5.08. The lowest BCUT2D eigenvalue weighted by Crippen LogP contribution is -2.12. The molecule has 0 heterocycles. The van der Waals surface area contributed by atoms with E-state index in [9.17, 15) is 4.39 Å². The molecule has 3 heteroatoms. The van der Waals surface area contributed by atoms with Crippen molar-refractivity contribution < 1.29 is 4.39 Å². The van der Waals surface area contributed by atoms with E-state index in [0.717, 1.165) is 24.8 Å². The van der Waals surface area contributed by atoms with Crippen molar-refractivity contribution in [2.24, 2.45) is 5.73 Å². The molecule has 2 N–H and O–H groups in total. The molecule has 0 aromatic heterocycles. The summed E-state index contributed by atoms with van der Waals surface area (Å²) in [5.41, 5.74) is 8.04. The summed E-state index contributed by atoms with van der Waals surface area (Å²) >= 11 is 5.61. The molecule has 0 saturated heterocycles. The van der Waals surface area contributed by atoms with Crippen molar-refractivity contribution >= 4 is 11.6 Å². The van der Waals surface area contributed by atoms with Gasteiger partial charge in [0.05, 0.1) is 11.1 Å². The maximum atomic E-state index is 13.2. The third kappa shape index (κ3) is 2.21. The monoisotopic (exact) mass is 225 g/mol. The van der Waals surface area contributed by atoms with E-state index in [1.807, 2.05) is 0 Å². The average Bonchev–Trinajstić information content (AvgIpc) is 2.74. The van der Waals surface area contributed by atoms with E-state index in [4.69, 9.17) is 17.3 Å². The molecule has 0 spiro atoms. The Morgan fingerprint density at radius 3 is 2.80 bits per heavy atom. The molecule has 1 atom stereocenters. The molecular formula is C12H13ClFN. The van der Waals surface area contributed by atoms with Gasteiger partial charge in [-0.1, -0.05) is 29.3 Å². The van der Waals surface area contributed by atoms with Crippen LogP contribution < -0.4 is 5.73 Å². The van der Waals surface area contributed by atoms with Gasteiger partial charge < -0.3 is 5.73 Å². The van der Waals surface area contributed by atoms with Crippen molar-refractivity contribution in [3.8, 4) is 0 Å². The van der Waals surface area contributed by atoms with Crippen LogP contribution in [0.5, 0.6) is 0 Å². The van der Waals surface area contributed by atoms with Gasteiger partial charge >= 0.3 is 0 Å². The number of halogens is 2. The molecule has 0 fully saturated rings. The molecule has 80 valence electrons. The lowest BCUT2D eigenvalue weighted by atomic mass is 9.99. The van der Waals surface area contributed by atoms with Crippen molar-refractivity contribution in [1.82, 2.24) is 0 Å². The van der Waals surface area contributed by atoms with Gasteiger partial charge in [0.1, 0.15) is 5.82 Å². The predicted molar refractivity (Wildman–Crippen MR) is 60.3 cm³/mol. The Kier molecular flexibility index (Phi) is 3.08. The Morgan fingerprint density at radius 2 is 2.20 bits per heavy atom. The van der Waals surface area contributed by atoms with Gasteiger partial charge in [0.25, 0.3) is 0 Å². The van der Waals surface area contributed by atoms with Crippen LogP contribution in [0.1, 0.15) is 30.9 Å². The fourth-order valence-corrected chi connectivity index (χ4v) is 2.02. The van der Waals surface area contributed by atoms with Gasteiger partial charge in [0.15, 0.2) is 0 Å². The van der Waals surface area contributed by atoms with Gasteiger partial charge in [-0.25, -0.2) is 4.39 Å². The minimum absolute atomic E-state index is 0.145. The maximum Gasteiger partial charge on any atom is 0.142 e. The van der Waals surface area contributed by atoms with Crippen molar-refractivity contribution in [2.45, 2.75) is 25.3 Å². The van der Waals surface area contributed by atoms with Crippen molar-refractivity contribution in [3.63, 3.8) is 0 Å². The van der Waals surface area contributed by atoms with Crippen LogP contribution in [0.15, 0.2) is 29.8 Å². The van der Waals surface area contributed by atoms with Crippen molar-refractivity contribution in [1.29, 1.82) is 0 Å². The first kappa shape index (κ1) is 10.7. The summed E-state index contributed by atoms with van der Waals surface area (Å²) in [6.45, 7) is 0. The molecule has 1 nitrogen and oxygen atoms in total. The zero-order valence-electron chi connectivity index (χ0n) is 8.34. The second kappa shape index (κ2) is 4.33. The number of hydrogen-bond acceptors (Lipinski definition) is 1. The summed E-state index contributed by atoms with van der Waals surface area (Å²) in [6, 6.07) is 4.59. The standard InChI is InChI=1S/C12H13ClFN/c13-10-6-5-9(7-11(10)14)12(15)8-3-1-2-4-8/h3,5-7,12H,1-2,4,15H2. The quantitative estimate of drug-likeness (QED) is 0.765. The molecule has 0 saturated carbocycles. The Morgan fingerprint density at radius 1 is 1.40 bits per heavy atom. The van der Waals surface area contributed by atoms with Crippen LogP contribution in [0.2, 0.25) is 5.02 Å². The van der Waals surface area contributed by atoms with Gasteiger partial charge in [-0.3, -0.25) is 0 Å². The Balaban J connectivity index is 2.25. The summed E-state index contributed by atoms with van der Waals surface area (Å²) in [6.07, 6.45) is 5.40. The molecule has 0 amide bonds. The van der Waals surface area contributed by atoms with Gasteiger partial charge in [-0.05, 0) is 37.0 Å². The highest BCUT2D eigenvalue weighted by molar-refractivity contribution is 6.30. The van der Waals surface area contributed by atoms with Crippen LogP contribution in [0.3, 0.4) is 0 Å². The molecular weight excluding hydrogens is 213 g/mol. The van der Waals surface area contributed by atoms with Crippen LogP contribution in [0.25, 0.3) is 0 Å². The average molecular weight is 226 g/mol. The molecule has 15 heavy (non-hydrogen) atoms. The van der Waals surface area contributed by atoms with Crippen LogP contribution >= 0.6 is 11.6 Å². The summed E-state index contributed by atoms with van der Waals surface area (Å²) in [5, 5.41) is 0.145. The molecule has 1 unspecified atom stereocenters. The second-order valence-corrected chi connectivity index (χ2v) is 4.23. The topological polar surface area (TPSA) is 26.0 Å². The highest BCUT2D eigenvalue weighted by Crippen LogP contribution is 2.30. The Labute approximate surface area is 93.7 Å². The third-order valence-electron chi connectivity index (χ3n) is 2.78. The summed E-state index contributed by atoms with van der Waals surface area (Å²) in [7, 11) is 0. The minimum Gasteiger partial charge on any atom is -0.321 e. The molecule has 0 aliphatic heterocycles. The van der Waals surface area contributed by atoms with Gasteiger partial charge in [0.2, 0.25) is 0 Å². The van der Waals surface area contributed by atoms with E-state index in [1.165, 1.54) is 11.6 Å². The smallest absolute Gasteiger partial charge is 0.142 e. The molecule has 1 aliphatic carbocycles. The van der Waals surface area contributed by atoms with Crippen LogP contribution in [0.4, 0.5) is 4.39 Å². The number of hydrogen-bond donors (Lipinski definition) is 1. The molecule has 0 bridgehead atoms. The first-order chi connectivity index (χ1) is 7.18. The molecule has 1 aliphatic rings. The maximum absolute atomic E-state index is 13.2. The molecule has 1 aromatic rings. The number of allylic oxidation sites excluding steroid dienone is 1. The fourth-order valence-electron chi connectivity index (χ4n) is 1.90. The van der Waals surface area contributed by atoms with E-state index >= 15 is 0 Å². The number of benzene rings is 1. The van der Waals surface area contributed by atoms with E-state index < -0.39 is 5.82 Å². The second-order valence-electron chi connectivity index (χ2n) is 3.82. The lowest BCUT2D eigenvalue weighted by molar-refractivity contribution is 0.623. The Hall–Kier alpha value is -0.860. The zero-order valence-corrected chi connectivity index (χ0v) is 9.10. The lowest BCUT2D eigenvalue weighted by Gasteiger charge is -2.13. The predicted octanol–water partition coefficient (Wildman–Crippen LogP) is 3.59. The number of rotatable bonds is 2. The highest BCUT2D eigenvalue weighted by Gasteiger charge is 2.15. The van der Waals surface area contributed by atoms with Gasteiger partial charge in [0, 0.05) is 0 Å². The first-order valence-corrected chi connectivity index (χ1v) is 5.46. The molecule has 1 aromatic carbocycles. The van der Waals surface area contributed by atoms with Gasteiger partial charge in [-0.2, -0.15) is 0 Å². The molecule has 0 radical (unpaired) electrons. The van der Waals surface area contributed by atoms with E-state index in [1.54, 1.807) is 12.1 Å². The van der Waals surface area contributed by atoms with Crippen LogP contribution in [-0.2, 0) is 0 Å². The van der Waals surface area contributed by atoms with E-state index in [0.29, 0.717) is 0 Å². The summed E-state index contributed by atoms with van der Waals surface area (Å²) in [4.78, 5) is 0. The summed E-state index contributed by atoms with van der Waals surface area (Å²) < 4.78 is 13.2. The largest absolute Gasteiger partial charge is 0.321 e. The Bertz CT molecular complexity index is 401. The van der Waals surface area contributed by atoms with Crippen molar-refractivity contribution in [2.75, 3.05) is 0 Å². The SMILES string of the molecule is NC(C1=CCCC1)c1ccc(Cl)c(F)c1. The van der Waals surface area contributed by atoms with Gasteiger partial charge in [-0.15, -0.1) is 0 Å². The third-order valence-corrected chi connectivity index (χ3v) is 3.08. The molecule has 2 rings (SSSR count). The van der Waals surface area contributed by atoms with Crippen molar-refractivity contribution in [3.05, 3.63) is 46.3 Å².